The van der Waals surface area contributed by atoms with E-state index in [0.717, 1.165) is 40.1 Å². The minimum absolute atomic E-state index is 0.136. The molecule has 4 aromatic carbocycles. The zero-order valence-electron chi connectivity index (χ0n) is 56.3. The molecule has 0 unspecified atom stereocenters. The molecule has 0 atom stereocenters. The number of benzene rings is 4. The van der Waals surface area contributed by atoms with Crippen LogP contribution in [0.3, 0.4) is 0 Å². The van der Waals surface area contributed by atoms with Crippen LogP contribution in [0.15, 0.2) is 122 Å². The van der Waals surface area contributed by atoms with Crippen LogP contribution in [0.4, 0.5) is 0 Å². The number of fused-ring (bicyclic) bond motifs is 2. The van der Waals surface area contributed by atoms with E-state index in [1.54, 1.807) is 60.1 Å². The van der Waals surface area contributed by atoms with Crippen molar-refractivity contribution >= 4 is 0 Å². The Bertz CT molecular complexity index is 3700. The van der Waals surface area contributed by atoms with Crippen LogP contribution in [0, 0.1) is 69.2 Å². The lowest BCUT2D eigenvalue weighted by atomic mass is 9.91. The Morgan fingerprint density at radius 1 is 0.392 bits per heavy atom. The Labute approximate surface area is 460 Å². The summed E-state index contributed by atoms with van der Waals surface area (Å²) < 4.78 is 79.8. The molecule has 0 saturated carbocycles. The van der Waals surface area contributed by atoms with Crippen LogP contribution in [0.2, 0.25) is 0 Å². The summed E-state index contributed by atoms with van der Waals surface area (Å²) in [7, 11) is 8.08. The number of hydrogen-bond donors (Lipinski definition) is 0. The first-order chi connectivity index (χ1) is 38.7. The third-order valence-electron chi connectivity index (χ3n) is 14.8. The summed E-state index contributed by atoms with van der Waals surface area (Å²) in [6, 6.07) is 33.3. The number of nitrogens with zero attached hydrogens (tertiary/aromatic N) is 4. The van der Waals surface area contributed by atoms with Gasteiger partial charge in [-0.15, -0.1) is 0 Å². The Morgan fingerprint density at radius 3 is 1.20 bits per heavy atom. The average molecular weight is 995 g/mol. The van der Waals surface area contributed by atoms with E-state index in [1.807, 2.05) is 31.7 Å². The van der Waals surface area contributed by atoms with Crippen LogP contribution in [0.25, 0.3) is 45.0 Å². The molecule has 4 heterocycles. The minimum atomic E-state index is -2.17. The quantitative estimate of drug-likeness (QED) is 0.148. The number of aryl methyl sites for hydroxylation is 20. The van der Waals surface area contributed by atoms with Crippen LogP contribution < -0.4 is 18.3 Å². The van der Waals surface area contributed by atoms with Crippen molar-refractivity contribution in [1.29, 1.82) is 0 Å². The number of hydrogen-bond acceptors (Lipinski definition) is 0. The molecule has 4 aromatic heterocycles. The van der Waals surface area contributed by atoms with Gasteiger partial charge in [-0.2, -0.15) is 0 Å². The maximum absolute atomic E-state index is 8.30. The van der Waals surface area contributed by atoms with E-state index in [2.05, 4.69) is 164 Å². The van der Waals surface area contributed by atoms with E-state index in [1.165, 1.54) is 98.3 Å². The lowest BCUT2D eigenvalue weighted by molar-refractivity contribution is -0.661. The molecule has 384 valence electrons. The molecule has 74 heavy (non-hydrogen) atoms. The van der Waals surface area contributed by atoms with E-state index in [4.69, 9.17) is 12.3 Å². The molecule has 4 heteroatoms. The third kappa shape index (κ3) is 13.2. The Hall–Kier alpha value is -6.52. The molecule has 8 aromatic rings. The van der Waals surface area contributed by atoms with E-state index in [9.17, 15) is 0 Å². The van der Waals surface area contributed by atoms with E-state index in [-0.39, 0.29) is 18.4 Å². The predicted octanol–water partition coefficient (Wildman–Crippen LogP) is 14.7. The topological polar surface area (TPSA) is 15.5 Å². The van der Waals surface area contributed by atoms with E-state index >= 15 is 0 Å². The van der Waals surface area contributed by atoms with E-state index in [0.29, 0.717) is 11.1 Å². The van der Waals surface area contributed by atoms with Gasteiger partial charge in [-0.05, 0) is 202 Å². The highest BCUT2D eigenvalue weighted by molar-refractivity contribution is 5.65. The monoisotopic (exact) mass is 994 g/mol. The Kier molecular flexibility index (Phi) is 14.6. The highest BCUT2D eigenvalue weighted by atomic mass is 14.9. The van der Waals surface area contributed by atoms with Gasteiger partial charge in [0, 0.05) is 81.1 Å². The van der Waals surface area contributed by atoms with Gasteiger partial charge in [0.05, 0.1) is 0 Å². The Morgan fingerprint density at radius 2 is 0.757 bits per heavy atom. The minimum Gasteiger partial charge on any atom is -0.201 e. The largest absolute Gasteiger partial charge is 0.212 e. The van der Waals surface area contributed by atoms with Gasteiger partial charge in [0.25, 0.3) is 0 Å². The summed E-state index contributed by atoms with van der Waals surface area (Å²) in [5.41, 5.74) is 26.5. The summed E-state index contributed by atoms with van der Waals surface area (Å²) in [6.07, 6.45) is 10.3. The van der Waals surface area contributed by atoms with Crippen LogP contribution >= 0.6 is 0 Å². The Balaban J connectivity index is 0.000000161. The van der Waals surface area contributed by atoms with Gasteiger partial charge in [0.15, 0.2) is 24.8 Å². The van der Waals surface area contributed by atoms with Crippen molar-refractivity contribution in [3.8, 4) is 45.0 Å². The second kappa shape index (κ2) is 24.7. The molecular formula is C70H88N4+4. The first kappa shape index (κ1) is 43.8. The highest BCUT2D eigenvalue weighted by Gasteiger charge is 2.22. The molecule has 4 nitrogen and oxygen atoms in total. The summed E-state index contributed by atoms with van der Waals surface area (Å²) in [4.78, 5) is 0. The summed E-state index contributed by atoms with van der Waals surface area (Å²) in [5.74, 6) is 0. The van der Waals surface area contributed by atoms with Gasteiger partial charge in [-0.25, -0.2) is 18.3 Å². The molecular weight excluding hydrogens is 897 g/mol. The maximum atomic E-state index is 8.30. The smallest absolute Gasteiger partial charge is 0.201 e. The number of aromatic nitrogens is 4. The molecule has 10 rings (SSSR count). The van der Waals surface area contributed by atoms with Gasteiger partial charge in [0.1, 0.15) is 28.2 Å². The molecule has 2 aliphatic carbocycles. The van der Waals surface area contributed by atoms with Crippen LogP contribution in [0.5, 0.6) is 0 Å². The number of pyridine rings is 4. The third-order valence-corrected chi connectivity index (χ3v) is 14.8. The first-order valence-electron chi connectivity index (χ1n) is 31.1. The van der Waals surface area contributed by atoms with Crippen molar-refractivity contribution in [2.45, 2.75) is 147 Å². The van der Waals surface area contributed by atoms with Gasteiger partial charge in [-0.1, -0.05) is 84.6 Å². The number of rotatable bonds is 6. The molecule has 0 radical (unpaired) electrons. The fourth-order valence-electron chi connectivity index (χ4n) is 10.7. The normalized spacial score (nSPS) is 16.1. The molecule has 2 aliphatic rings. The molecule has 0 fully saturated rings. The standard InChI is InChI=1S/2C18H22N.2C17H22N/c2*1-13-8-9-17(14(2)10-13)18-11-15-6-4-5-7-16(15)12-19(18)3;2*1-6-15-11-18(5)17(10-13(15)3)16-8-7-12(2)9-14(16)4/h2*8-12H,4-7H2,1-3H3;2*7-11H,6H2,1-5H3/q4*+1/i1D3,6D2,7D2;;6D2;. The second-order valence-electron chi connectivity index (χ2n) is 20.9. The summed E-state index contributed by atoms with van der Waals surface area (Å²) in [5, 5.41) is 0. The fraction of sp³-hybridized carbons (Fsp3) is 0.371. The summed E-state index contributed by atoms with van der Waals surface area (Å²) >= 11 is 0. The van der Waals surface area contributed by atoms with Crippen LogP contribution in [0.1, 0.15) is 141 Å². The molecule has 0 bridgehead atoms. The molecule has 0 aliphatic heterocycles. The molecule has 0 amide bonds. The van der Waals surface area contributed by atoms with Crippen molar-refractivity contribution < 1.29 is 30.6 Å². The van der Waals surface area contributed by atoms with Crippen molar-refractivity contribution in [3.05, 3.63) is 211 Å². The zero-order chi connectivity index (χ0) is 61.3. The van der Waals surface area contributed by atoms with Gasteiger partial charge in [-0.3, -0.25) is 0 Å². The second-order valence-corrected chi connectivity index (χ2v) is 20.9. The molecule has 0 N–H and O–H groups in total. The van der Waals surface area contributed by atoms with Gasteiger partial charge in [0.2, 0.25) is 22.8 Å². The van der Waals surface area contributed by atoms with Crippen molar-refractivity contribution in [1.82, 2.24) is 0 Å². The van der Waals surface area contributed by atoms with Crippen molar-refractivity contribution in [2.75, 3.05) is 0 Å². The van der Waals surface area contributed by atoms with E-state index < -0.39 is 26.0 Å². The highest BCUT2D eigenvalue weighted by Crippen LogP contribution is 2.29. The summed E-state index contributed by atoms with van der Waals surface area (Å²) in [6.45, 7) is 20.5. The van der Waals surface area contributed by atoms with Crippen molar-refractivity contribution in [2.24, 2.45) is 28.2 Å². The van der Waals surface area contributed by atoms with Crippen molar-refractivity contribution in [3.63, 3.8) is 0 Å². The molecule has 0 spiro atoms. The molecule has 0 saturated heterocycles. The van der Waals surface area contributed by atoms with Gasteiger partial charge < -0.3 is 0 Å². The lowest BCUT2D eigenvalue weighted by Gasteiger charge is -2.15. The predicted molar refractivity (Wildman–Crippen MR) is 312 cm³/mol. The first-order valence-corrected chi connectivity index (χ1v) is 26.6. The van der Waals surface area contributed by atoms with Crippen LogP contribution in [-0.2, 0) is 66.6 Å². The van der Waals surface area contributed by atoms with Crippen LogP contribution in [-0.4, -0.2) is 0 Å². The average Bonchev–Trinajstić information content (AvgIpc) is 2.11. The fourth-order valence-corrected chi connectivity index (χ4v) is 10.7. The maximum Gasteiger partial charge on any atom is 0.212 e. The lowest BCUT2D eigenvalue weighted by Crippen LogP contribution is -2.32. The SMILES string of the molecule is CCc1c[n+](C)c(-c2ccc(C)cc2C)cc1C.Cc1ccc(-c2cc3c(c[n+]2C)CCCC3)c(C)c1.[2H]C([2H])(C)c1c[n+](C)c(-c2ccc(C)cc2C)cc1C.[2H]C([2H])([2H])c1ccc(-c2cc3c(c[n+]2C)C([2H])([2H])CCC3([2H])[2H])c(C)c1. The zero-order valence-corrected chi connectivity index (χ0v) is 47.3. The van der Waals surface area contributed by atoms with Gasteiger partial charge >= 0.3 is 0 Å².